The number of aromatic hydroxyl groups is 2. The highest BCUT2D eigenvalue weighted by Gasteiger charge is 2.40. The summed E-state index contributed by atoms with van der Waals surface area (Å²) in [6.07, 6.45) is 0. The molecule has 1 aromatic heterocycles. The minimum absolute atomic E-state index is 0.00240. The fourth-order valence-electron chi connectivity index (χ4n) is 2.96. The van der Waals surface area contributed by atoms with Crippen molar-refractivity contribution in [2.45, 2.75) is 5.92 Å². The average molecular weight is 305 g/mol. The molecule has 0 amide bonds. The van der Waals surface area contributed by atoms with Crippen molar-refractivity contribution in [3.05, 3.63) is 65.4 Å². The molecule has 2 N–H and O–H groups in total. The molecule has 0 fully saturated rings. The largest absolute Gasteiger partial charge is 0.508 e. The quantitative estimate of drug-likeness (QED) is 0.675. The zero-order valence-electron chi connectivity index (χ0n) is 11.9. The minimum Gasteiger partial charge on any atom is -0.508 e. The fourth-order valence-corrected chi connectivity index (χ4v) is 2.96. The summed E-state index contributed by atoms with van der Waals surface area (Å²) in [5.74, 6) is -1.82. The van der Waals surface area contributed by atoms with Crippen LogP contribution in [0.4, 0.5) is 0 Å². The molecule has 0 saturated heterocycles. The zero-order valence-corrected chi connectivity index (χ0v) is 11.9. The number of phenols is 2. The van der Waals surface area contributed by atoms with Crippen molar-refractivity contribution in [3.63, 3.8) is 0 Å². The van der Waals surface area contributed by atoms with Gasteiger partial charge in [-0.25, -0.2) is 4.98 Å². The van der Waals surface area contributed by atoms with Crippen LogP contribution in [0.25, 0.3) is 10.9 Å². The van der Waals surface area contributed by atoms with Crippen molar-refractivity contribution in [1.29, 1.82) is 0 Å². The molecule has 0 saturated carbocycles. The van der Waals surface area contributed by atoms with Crippen LogP contribution < -0.4 is 0 Å². The van der Waals surface area contributed by atoms with Crippen molar-refractivity contribution in [2.75, 3.05) is 0 Å². The van der Waals surface area contributed by atoms with Gasteiger partial charge in [-0.1, -0.05) is 18.2 Å². The van der Waals surface area contributed by atoms with Gasteiger partial charge in [0.25, 0.3) is 0 Å². The Hall–Kier alpha value is -3.21. The summed E-state index contributed by atoms with van der Waals surface area (Å²) in [6, 6.07) is 12.5. The molecule has 0 bridgehead atoms. The van der Waals surface area contributed by atoms with Gasteiger partial charge in [-0.15, -0.1) is 0 Å². The van der Waals surface area contributed by atoms with E-state index in [1.165, 1.54) is 24.3 Å². The first-order valence-electron chi connectivity index (χ1n) is 7.06. The molecule has 1 atom stereocenters. The van der Waals surface area contributed by atoms with E-state index in [0.29, 0.717) is 11.2 Å². The summed E-state index contributed by atoms with van der Waals surface area (Å²) >= 11 is 0. The lowest BCUT2D eigenvalue weighted by atomic mass is 9.98. The van der Waals surface area contributed by atoms with E-state index >= 15 is 0 Å². The van der Waals surface area contributed by atoms with Crippen LogP contribution in [-0.2, 0) is 0 Å². The maximum absolute atomic E-state index is 12.5. The van der Waals surface area contributed by atoms with Crippen molar-refractivity contribution in [1.82, 2.24) is 4.98 Å². The van der Waals surface area contributed by atoms with E-state index in [2.05, 4.69) is 4.98 Å². The third-order valence-corrected chi connectivity index (χ3v) is 4.07. The number of aromatic nitrogens is 1. The predicted molar refractivity (Wildman–Crippen MR) is 82.9 cm³/mol. The maximum Gasteiger partial charge on any atom is 0.180 e. The lowest BCUT2D eigenvalue weighted by molar-refractivity contribution is 0.0888. The van der Waals surface area contributed by atoms with E-state index in [1.54, 1.807) is 24.3 Å². The van der Waals surface area contributed by atoms with E-state index in [4.69, 9.17) is 0 Å². The molecule has 1 heterocycles. The number of fused-ring (bicyclic) bond motifs is 2. The summed E-state index contributed by atoms with van der Waals surface area (Å²) in [5.41, 5.74) is 1.14. The number of rotatable bonds is 1. The van der Waals surface area contributed by atoms with Crippen molar-refractivity contribution in [3.8, 4) is 11.5 Å². The minimum atomic E-state index is -1.03. The molecule has 5 heteroatoms. The Labute approximate surface area is 130 Å². The Morgan fingerprint density at radius 3 is 2.48 bits per heavy atom. The summed E-state index contributed by atoms with van der Waals surface area (Å²) in [6.45, 7) is 0. The van der Waals surface area contributed by atoms with Gasteiger partial charge in [-0.3, -0.25) is 9.59 Å². The van der Waals surface area contributed by atoms with Gasteiger partial charge in [0.1, 0.15) is 22.9 Å². The number of ketones is 2. The fraction of sp³-hybridized carbons (Fsp3) is 0.0556. The van der Waals surface area contributed by atoms with E-state index in [1.807, 2.05) is 0 Å². The third kappa shape index (κ3) is 1.90. The lowest BCUT2D eigenvalue weighted by Crippen LogP contribution is -2.14. The molecule has 3 aromatic rings. The van der Waals surface area contributed by atoms with Gasteiger partial charge in [0, 0.05) is 16.5 Å². The van der Waals surface area contributed by atoms with Crippen LogP contribution in [0.5, 0.6) is 11.5 Å². The number of carbonyl (C=O) groups excluding carboxylic acids is 2. The van der Waals surface area contributed by atoms with Crippen molar-refractivity contribution in [2.24, 2.45) is 0 Å². The molecule has 0 aliphatic heterocycles. The van der Waals surface area contributed by atoms with Gasteiger partial charge in [0.05, 0.1) is 5.69 Å². The van der Waals surface area contributed by atoms with Crippen LogP contribution in [0.15, 0.2) is 48.5 Å². The third-order valence-electron chi connectivity index (χ3n) is 4.07. The van der Waals surface area contributed by atoms with Crippen LogP contribution in [0.3, 0.4) is 0 Å². The summed E-state index contributed by atoms with van der Waals surface area (Å²) in [4.78, 5) is 29.4. The smallest absolute Gasteiger partial charge is 0.180 e. The number of hydrogen-bond donors (Lipinski definition) is 2. The van der Waals surface area contributed by atoms with Crippen LogP contribution in [-0.4, -0.2) is 26.8 Å². The monoisotopic (exact) mass is 305 g/mol. The van der Waals surface area contributed by atoms with Crippen LogP contribution in [0, 0.1) is 0 Å². The first kappa shape index (κ1) is 13.5. The first-order chi connectivity index (χ1) is 11.1. The van der Waals surface area contributed by atoms with Gasteiger partial charge >= 0.3 is 0 Å². The predicted octanol–water partition coefficient (Wildman–Crippen LogP) is 2.81. The Bertz CT molecular complexity index is 993. The SMILES string of the molecule is O=C1c2ccc(O)cc2C(=O)C1c1ccc2cccc(O)c2n1. The lowest BCUT2D eigenvalue weighted by Gasteiger charge is -2.08. The number of hydrogen-bond acceptors (Lipinski definition) is 5. The summed E-state index contributed by atoms with van der Waals surface area (Å²) in [5, 5.41) is 20.2. The molecule has 1 unspecified atom stereocenters. The normalized spacial score (nSPS) is 16.8. The number of carbonyl (C=O) groups is 2. The molecule has 1 aliphatic carbocycles. The molecule has 1 aliphatic rings. The Morgan fingerprint density at radius 1 is 0.870 bits per heavy atom. The van der Waals surface area contributed by atoms with Gasteiger partial charge < -0.3 is 10.2 Å². The van der Waals surface area contributed by atoms with Gasteiger partial charge in [-0.2, -0.15) is 0 Å². The van der Waals surface area contributed by atoms with E-state index in [-0.39, 0.29) is 34.2 Å². The first-order valence-corrected chi connectivity index (χ1v) is 7.06. The number of nitrogens with zero attached hydrogens (tertiary/aromatic N) is 1. The summed E-state index contributed by atoms with van der Waals surface area (Å²) in [7, 11) is 0. The molecular formula is C18H11NO4. The number of phenolic OH excluding ortho intramolecular Hbond substituents is 2. The number of para-hydroxylation sites is 1. The van der Waals surface area contributed by atoms with E-state index < -0.39 is 5.92 Å². The summed E-state index contributed by atoms with van der Waals surface area (Å²) < 4.78 is 0. The highest BCUT2D eigenvalue weighted by molar-refractivity contribution is 6.29. The number of pyridine rings is 1. The average Bonchev–Trinajstić information content (AvgIpc) is 2.78. The van der Waals surface area contributed by atoms with Crippen LogP contribution in [0.1, 0.15) is 32.3 Å². The van der Waals surface area contributed by atoms with Gasteiger partial charge in [0.2, 0.25) is 0 Å². The van der Waals surface area contributed by atoms with E-state index in [9.17, 15) is 19.8 Å². The standard InChI is InChI=1S/C18H11NO4/c20-10-5-6-11-12(8-10)18(23)15(17(11)22)13-7-4-9-2-1-3-14(21)16(9)19-13/h1-8,15,20-21H. The van der Waals surface area contributed by atoms with Crippen LogP contribution >= 0.6 is 0 Å². The molecule has 4 rings (SSSR count). The second-order valence-electron chi connectivity index (χ2n) is 5.48. The molecule has 2 aromatic carbocycles. The van der Waals surface area contributed by atoms with Crippen LogP contribution in [0.2, 0.25) is 0 Å². The second-order valence-corrected chi connectivity index (χ2v) is 5.48. The van der Waals surface area contributed by atoms with Gasteiger partial charge in [-0.05, 0) is 30.3 Å². The van der Waals surface area contributed by atoms with Gasteiger partial charge in [0.15, 0.2) is 11.6 Å². The molecular weight excluding hydrogens is 294 g/mol. The Morgan fingerprint density at radius 2 is 1.65 bits per heavy atom. The highest BCUT2D eigenvalue weighted by Crippen LogP contribution is 2.36. The molecule has 112 valence electrons. The maximum atomic E-state index is 12.5. The molecule has 5 nitrogen and oxygen atoms in total. The van der Waals surface area contributed by atoms with E-state index in [0.717, 1.165) is 5.39 Å². The Balaban J connectivity index is 1.87. The topological polar surface area (TPSA) is 87.5 Å². The molecule has 0 spiro atoms. The zero-order chi connectivity index (χ0) is 16.1. The number of benzene rings is 2. The molecule has 0 radical (unpaired) electrons. The number of Topliss-reactive ketones (excluding diaryl/α,β-unsaturated/α-hetero) is 2. The van der Waals surface area contributed by atoms with Crippen molar-refractivity contribution >= 4 is 22.5 Å². The van der Waals surface area contributed by atoms with Crippen molar-refractivity contribution < 1.29 is 19.8 Å². The molecule has 23 heavy (non-hydrogen) atoms. The highest BCUT2D eigenvalue weighted by atomic mass is 16.3. The Kier molecular flexibility index (Phi) is 2.72. The second kappa shape index (κ2) is 4.64.